The first kappa shape index (κ1) is 22.9. The Labute approximate surface area is 190 Å². The van der Waals surface area contributed by atoms with Gasteiger partial charge in [-0.1, -0.05) is 19.3 Å². The molecule has 2 aliphatic heterocycles. The number of carbonyl (C=O) groups excluding carboxylic acids is 1. The third-order valence-corrected chi connectivity index (χ3v) is 6.97. The highest BCUT2D eigenvalue weighted by Gasteiger charge is 2.31. The topological polar surface area (TPSA) is 96.6 Å². The SMILES string of the molecule is CCNC(=NCCCn1nc2n(c1=O)CCCC2)NC1CCN(C(=O)C2CCCCC2)C1. The second-order valence-corrected chi connectivity index (χ2v) is 9.39. The molecule has 4 rings (SSSR count). The Morgan fingerprint density at radius 2 is 1.97 bits per heavy atom. The minimum Gasteiger partial charge on any atom is -0.357 e. The smallest absolute Gasteiger partial charge is 0.345 e. The quantitative estimate of drug-likeness (QED) is 0.377. The monoisotopic (exact) mass is 445 g/mol. The molecule has 1 aromatic rings. The molecule has 1 atom stereocenters. The van der Waals surface area contributed by atoms with Crippen molar-refractivity contribution in [3.63, 3.8) is 0 Å². The molecule has 32 heavy (non-hydrogen) atoms. The maximum atomic E-state index is 12.8. The number of amides is 1. The molecule has 178 valence electrons. The van der Waals surface area contributed by atoms with Crippen LogP contribution in [0.3, 0.4) is 0 Å². The van der Waals surface area contributed by atoms with E-state index >= 15 is 0 Å². The van der Waals surface area contributed by atoms with Crippen LogP contribution in [0, 0.1) is 5.92 Å². The summed E-state index contributed by atoms with van der Waals surface area (Å²) in [5.74, 6) is 2.31. The molecule has 0 radical (unpaired) electrons. The van der Waals surface area contributed by atoms with Gasteiger partial charge in [0.05, 0.1) is 0 Å². The Morgan fingerprint density at radius 3 is 2.75 bits per heavy atom. The van der Waals surface area contributed by atoms with Crippen molar-refractivity contribution in [3.05, 3.63) is 16.3 Å². The second-order valence-electron chi connectivity index (χ2n) is 9.39. The highest BCUT2D eigenvalue weighted by atomic mass is 16.2. The summed E-state index contributed by atoms with van der Waals surface area (Å²) in [6, 6.07) is 0.239. The van der Waals surface area contributed by atoms with E-state index in [0.29, 0.717) is 19.0 Å². The molecule has 1 amide bonds. The molecule has 9 nitrogen and oxygen atoms in total. The van der Waals surface area contributed by atoms with Crippen LogP contribution in [0.1, 0.15) is 70.5 Å². The van der Waals surface area contributed by atoms with E-state index < -0.39 is 0 Å². The Bertz CT molecular complexity index is 853. The lowest BCUT2D eigenvalue weighted by molar-refractivity contribution is -0.135. The number of nitrogens with zero attached hydrogens (tertiary/aromatic N) is 5. The number of carbonyl (C=O) groups is 1. The van der Waals surface area contributed by atoms with Crippen molar-refractivity contribution in [2.75, 3.05) is 26.2 Å². The molecule has 2 N–H and O–H groups in total. The van der Waals surface area contributed by atoms with Gasteiger partial charge in [-0.05, 0) is 45.4 Å². The number of nitrogens with one attached hydrogen (secondary N) is 2. The number of guanidine groups is 1. The first-order valence-corrected chi connectivity index (χ1v) is 12.7. The Balaban J connectivity index is 1.25. The first-order chi connectivity index (χ1) is 15.7. The van der Waals surface area contributed by atoms with E-state index in [9.17, 15) is 9.59 Å². The van der Waals surface area contributed by atoms with Crippen LogP contribution in [0.25, 0.3) is 0 Å². The van der Waals surface area contributed by atoms with E-state index in [0.717, 1.165) is 82.9 Å². The fourth-order valence-corrected chi connectivity index (χ4v) is 5.20. The average molecular weight is 446 g/mol. The number of likely N-dealkylation sites (tertiary alicyclic amines) is 1. The van der Waals surface area contributed by atoms with Crippen molar-refractivity contribution >= 4 is 11.9 Å². The predicted octanol–water partition coefficient (Wildman–Crippen LogP) is 1.51. The summed E-state index contributed by atoms with van der Waals surface area (Å²) in [4.78, 5) is 32.0. The largest absolute Gasteiger partial charge is 0.357 e. The Hall–Kier alpha value is -2.32. The van der Waals surface area contributed by atoms with Gasteiger partial charge in [0, 0.05) is 57.6 Å². The van der Waals surface area contributed by atoms with Crippen molar-refractivity contribution < 1.29 is 4.79 Å². The number of hydrogen-bond acceptors (Lipinski definition) is 4. The molecule has 1 unspecified atom stereocenters. The minimum absolute atomic E-state index is 0.0161. The van der Waals surface area contributed by atoms with Crippen LogP contribution in [-0.4, -0.2) is 63.3 Å². The molecule has 0 spiro atoms. The van der Waals surface area contributed by atoms with Crippen molar-refractivity contribution in [3.8, 4) is 0 Å². The van der Waals surface area contributed by atoms with E-state index in [2.05, 4.69) is 22.7 Å². The molecule has 0 aromatic carbocycles. The predicted molar refractivity (Wildman–Crippen MR) is 125 cm³/mol. The lowest BCUT2D eigenvalue weighted by Gasteiger charge is -2.26. The Kier molecular flexibility index (Phi) is 7.86. The maximum Gasteiger partial charge on any atom is 0.345 e. The zero-order chi connectivity index (χ0) is 22.3. The van der Waals surface area contributed by atoms with E-state index in [-0.39, 0.29) is 17.6 Å². The fourth-order valence-electron chi connectivity index (χ4n) is 5.20. The lowest BCUT2D eigenvalue weighted by Crippen LogP contribution is -2.45. The molecule has 0 bridgehead atoms. The van der Waals surface area contributed by atoms with Gasteiger partial charge < -0.3 is 15.5 Å². The summed E-state index contributed by atoms with van der Waals surface area (Å²) in [6.07, 6.45) is 10.6. The Morgan fingerprint density at radius 1 is 1.12 bits per heavy atom. The van der Waals surface area contributed by atoms with Gasteiger partial charge in [-0.25, -0.2) is 9.48 Å². The van der Waals surface area contributed by atoms with Gasteiger partial charge in [0.2, 0.25) is 5.91 Å². The van der Waals surface area contributed by atoms with Crippen LogP contribution in [0.15, 0.2) is 9.79 Å². The number of hydrogen-bond donors (Lipinski definition) is 2. The fraction of sp³-hybridized carbons (Fsp3) is 0.826. The lowest BCUT2D eigenvalue weighted by atomic mass is 9.88. The van der Waals surface area contributed by atoms with Crippen LogP contribution < -0.4 is 16.3 Å². The molecular formula is C23H39N7O2. The van der Waals surface area contributed by atoms with E-state index in [1.54, 1.807) is 4.68 Å². The molecule has 1 aliphatic carbocycles. The summed E-state index contributed by atoms with van der Waals surface area (Å²) < 4.78 is 3.42. The first-order valence-electron chi connectivity index (χ1n) is 12.7. The average Bonchev–Trinajstić information content (AvgIpc) is 3.41. The molecule has 1 saturated carbocycles. The molecular weight excluding hydrogens is 406 g/mol. The van der Waals surface area contributed by atoms with Gasteiger partial charge in [-0.15, -0.1) is 0 Å². The molecule has 9 heteroatoms. The molecule has 3 aliphatic rings. The van der Waals surface area contributed by atoms with E-state index in [4.69, 9.17) is 4.99 Å². The van der Waals surface area contributed by atoms with E-state index in [1.807, 2.05) is 9.47 Å². The molecule has 2 fully saturated rings. The summed E-state index contributed by atoms with van der Waals surface area (Å²) in [5, 5.41) is 11.3. The van der Waals surface area contributed by atoms with Crippen LogP contribution in [0.5, 0.6) is 0 Å². The van der Waals surface area contributed by atoms with Crippen LogP contribution in [-0.2, 0) is 24.3 Å². The third kappa shape index (κ3) is 5.53. The van der Waals surface area contributed by atoms with E-state index in [1.165, 1.54) is 19.3 Å². The standard InChI is InChI=1S/C23H39N7O2/c1-2-24-22(25-13-8-15-30-23(32)29-14-7-6-11-20(29)27-30)26-19-12-16-28(17-19)21(31)18-9-4-3-5-10-18/h18-19H,2-17H2,1H3,(H2,24,25,26). The highest BCUT2D eigenvalue weighted by Crippen LogP contribution is 2.26. The van der Waals surface area contributed by atoms with Gasteiger partial charge in [-0.3, -0.25) is 14.4 Å². The van der Waals surface area contributed by atoms with Crippen LogP contribution >= 0.6 is 0 Å². The van der Waals surface area contributed by atoms with Crippen molar-refractivity contribution in [2.45, 2.75) is 90.3 Å². The summed E-state index contributed by atoms with van der Waals surface area (Å²) >= 11 is 0. The minimum atomic E-state index is 0.0161. The number of aromatic nitrogens is 3. The van der Waals surface area contributed by atoms with Gasteiger partial charge in [0.1, 0.15) is 5.82 Å². The summed E-state index contributed by atoms with van der Waals surface area (Å²) in [7, 11) is 0. The van der Waals surface area contributed by atoms with Crippen LogP contribution in [0.2, 0.25) is 0 Å². The normalized spacial score (nSPS) is 22.1. The number of fused-ring (bicyclic) bond motifs is 1. The number of aryl methyl sites for hydroxylation is 2. The third-order valence-electron chi connectivity index (χ3n) is 6.97. The summed E-state index contributed by atoms with van der Waals surface area (Å²) in [5.41, 5.74) is 0.0161. The maximum absolute atomic E-state index is 12.8. The number of aliphatic imine (C=N–C) groups is 1. The summed E-state index contributed by atoms with van der Waals surface area (Å²) in [6.45, 7) is 6.45. The molecule has 1 aromatic heterocycles. The van der Waals surface area contributed by atoms with Crippen molar-refractivity contribution in [1.29, 1.82) is 0 Å². The zero-order valence-corrected chi connectivity index (χ0v) is 19.5. The van der Waals surface area contributed by atoms with Crippen LogP contribution in [0.4, 0.5) is 0 Å². The van der Waals surface area contributed by atoms with Gasteiger partial charge >= 0.3 is 5.69 Å². The zero-order valence-electron chi connectivity index (χ0n) is 19.5. The second kappa shape index (κ2) is 11.0. The highest BCUT2D eigenvalue weighted by molar-refractivity contribution is 5.81. The van der Waals surface area contributed by atoms with Gasteiger partial charge in [-0.2, -0.15) is 5.10 Å². The van der Waals surface area contributed by atoms with Crippen molar-refractivity contribution in [1.82, 2.24) is 29.9 Å². The molecule has 1 saturated heterocycles. The number of rotatable bonds is 7. The van der Waals surface area contributed by atoms with Gasteiger partial charge in [0.25, 0.3) is 0 Å². The van der Waals surface area contributed by atoms with Crippen molar-refractivity contribution in [2.24, 2.45) is 10.9 Å². The molecule has 3 heterocycles. The van der Waals surface area contributed by atoms with Gasteiger partial charge in [0.15, 0.2) is 5.96 Å².